The van der Waals surface area contributed by atoms with E-state index in [2.05, 4.69) is 10.1 Å². The lowest BCUT2D eigenvalue weighted by Crippen LogP contribution is -2.07. The molecule has 0 aliphatic heterocycles. The van der Waals surface area contributed by atoms with E-state index in [1.807, 2.05) is 0 Å². The van der Waals surface area contributed by atoms with E-state index in [0.717, 1.165) is 0 Å². The molecule has 0 heterocycles. The topological polar surface area (TPSA) is 40.4 Å². The van der Waals surface area contributed by atoms with Gasteiger partial charge >= 0.3 is 0 Å². The van der Waals surface area contributed by atoms with Crippen molar-refractivity contribution < 1.29 is 9.53 Å². The van der Waals surface area contributed by atoms with Gasteiger partial charge in [0, 0.05) is 0 Å². The molecule has 0 aromatic carbocycles. The summed E-state index contributed by atoms with van der Waals surface area (Å²) >= 11 is 0. The Bertz CT molecular complexity index is 64.8. The number of ether oxygens (including phenoxy) is 1. The first-order valence-corrected chi connectivity index (χ1v) is 2.52. The van der Waals surface area contributed by atoms with E-state index >= 15 is 0 Å². The zero-order chi connectivity index (χ0) is 6.41. The van der Waals surface area contributed by atoms with Crippen molar-refractivity contribution in [1.82, 2.24) is 0 Å². The minimum Gasteiger partial charge on any atom is -0.656 e. The minimum atomic E-state index is -0.255. The molecule has 0 unspecified atom stereocenters. The molecule has 0 amide bonds. The molecule has 3 nitrogen and oxygen atoms in total. The van der Waals surface area contributed by atoms with Gasteiger partial charge in [-0.2, -0.15) is 7.05 Å². The summed E-state index contributed by atoms with van der Waals surface area (Å²) in [6.45, 7) is 2.38. The highest BCUT2D eigenvalue weighted by atomic mass is 16.5. The van der Waals surface area contributed by atoms with Crippen molar-refractivity contribution in [3.63, 3.8) is 0 Å². The van der Waals surface area contributed by atoms with Crippen LogP contribution in [0.4, 0.5) is 0 Å². The van der Waals surface area contributed by atoms with Crippen LogP contribution in [0.5, 0.6) is 0 Å². The molecule has 8 heavy (non-hydrogen) atoms. The molecule has 0 aliphatic carbocycles. The molecule has 48 valence electrons. The van der Waals surface area contributed by atoms with Gasteiger partial charge in [0.15, 0.2) is 0 Å². The van der Waals surface area contributed by atoms with Crippen molar-refractivity contribution in [2.24, 2.45) is 0 Å². The van der Waals surface area contributed by atoms with Crippen LogP contribution in [0.2, 0.25) is 0 Å². The summed E-state index contributed by atoms with van der Waals surface area (Å²) in [6, 6.07) is 0. The Kier molecular flexibility index (Phi) is 4.26. The fourth-order valence-corrected chi connectivity index (χ4v) is 0.336. The standard InChI is InChI=1S/C5H10NO2/c1-3-8-5(7)4-6-2/h3-4H2,1-2H3/q-1. The summed E-state index contributed by atoms with van der Waals surface area (Å²) in [5, 5.41) is 3.58. The molecule has 0 aromatic heterocycles. The van der Waals surface area contributed by atoms with E-state index in [1.54, 1.807) is 14.0 Å². The first-order chi connectivity index (χ1) is 3.81. The highest BCUT2D eigenvalue weighted by Gasteiger charge is 1.87. The molecule has 0 atom stereocenters. The molecule has 3 heteroatoms. The van der Waals surface area contributed by atoms with Crippen LogP contribution in [0.3, 0.4) is 0 Å². The van der Waals surface area contributed by atoms with Crippen molar-refractivity contribution in [1.29, 1.82) is 0 Å². The molecule has 0 fully saturated rings. The Morgan fingerprint density at radius 1 is 1.75 bits per heavy atom. The maximum absolute atomic E-state index is 10.3. The van der Waals surface area contributed by atoms with Gasteiger partial charge in [-0.1, -0.05) is 0 Å². The van der Waals surface area contributed by atoms with Crippen molar-refractivity contribution in [2.75, 3.05) is 20.2 Å². The second kappa shape index (κ2) is 4.59. The van der Waals surface area contributed by atoms with Crippen LogP contribution in [-0.2, 0) is 9.53 Å². The Hall–Kier alpha value is -0.570. The van der Waals surface area contributed by atoms with E-state index in [4.69, 9.17) is 0 Å². The summed E-state index contributed by atoms with van der Waals surface area (Å²) < 4.78 is 4.55. The number of esters is 1. The van der Waals surface area contributed by atoms with Crippen LogP contribution in [0.25, 0.3) is 5.32 Å². The summed E-state index contributed by atoms with van der Waals surface area (Å²) in [5.74, 6) is -0.255. The third-order valence-corrected chi connectivity index (χ3v) is 0.593. The predicted molar refractivity (Wildman–Crippen MR) is 30.8 cm³/mol. The van der Waals surface area contributed by atoms with Crippen LogP contribution in [0.1, 0.15) is 6.92 Å². The quantitative estimate of drug-likeness (QED) is 0.505. The highest BCUT2D eigenvalue weighted by Crippen LogP contribution is 1.81. The van der Waals surface area contributed by atoms with Crippen LogP contribution in [0.15, 0.2) is 0 Å². The van der Waals surface area contributed by atoms with Gasteiger partial charge in [-0.15, -0.1) is 0 Å². The van der Waals surface area contributed by atoms with E-state index < -0.39 is 0 Å². The Balaban J connectivity index is 3.06. The van der Waals surface area contributed by atoms with Gasteiger partial charge in [0.2, 0.25) is 0 Å². The zero-order valence-corrected chi connectivity index (χ0v) is 5.18. The first-order valence-electron chi connectivity index (χ1n) is 2.52. The molecule has 0 aromatic rings. The lowest BCUT2D eigenvalue weighted by molar-refractivity contribution is -0.140. The highest BCUT2D eigenvalue weighted by molar-refractivity contribution is 5.73. The van der Waals surface area contributed by atoms with Gasteiger partial charge in [0.25, 0.3) is 5.97 Å². The second-order valence-electron chi connectivity index (χ2n) is 1.28. The Morgan fingerprint density at radius 2 is 2.38 bits per heavy atom. The Labute approximate surface area is 49.0 Å². The molecule has 0 rings (SSSR count). The Morgan fingerprint density at radius 3 is 2.75 bits per heavy atom. The second-order valence-corrected chi connectivity index (χ2v) is 1.28. The summed E-state index contributed by atoms with van der Waals surface area (Å²) in [5.41, 5.74) is 0. The average Bonchev–Trinajstić information content (AvgIpc) is 1.68. The molecule has 0 N–H and O–H groups in total. The summed E-state index contributed by atoms with van der Waals surface area (Å²) in [7, 11) is 1.58. The normalized spacial score (nSPS) is 8.75. The molecule has 0 spiro atoms. The monoisotopic (exact) mass is 116 g/mol. The maximum Gasteiger partial charge on any atom is 0.284 e. The van der Waals surface area contributed by atoms with Crippen LogP contribution >= 0.6 is 0 Å². The number of carbonyl (C=O) groups excluding carboxylic acids is 1. The largest absolute Gasteiger partial charge is 0.656 e. The van der Waals surface area contributed by atoms with E-state index in [1.165, 1.54) is 0 Å². The van der Waals surface area contributed by atoms with E-state index in [0.29, 0.717) is 6.61 Å². The number of carbonyl (C=O) groups is 1. The van der Waals surface area contributed by atoms with Gasteiger partial charge in [0.05, 0.1) is 6.61 Å². The average molecular weight is 116 g/mol. The van der Waals surface area contributed by atoms with Gasteiger partial charge in [-0.05, 0) is 13.5 Å². The fraction of sp³-hybridized carbons (Fsp3) is 0.800. The first kappa shape index (κ1) is 7.43. The lowest BCUT2D eigenvalue weighted by Gasteiger charge is -2.07. The van der Waals surface area contributed by atoms with Crippen LogP contribution in [0, 0.1) is 0 Å². The molecule has 0 saturated heterocycles. The molecule has 0 saturated carbocycles. The molecular weight excluding hydrogens is 106 g/mol. The maximum atomic E-state index is 10.3. The van der Waals surface area contributed by atoms with E-state index in [9.17, 15) is 4.79 Å². The van der Waals surface area contributed by atoms with Gasteiger partial charge < -0.3 is 10.1 Å². The number of likely N-dealkylation sites (N-methyl/N-ethyl adjacent to an activating group) is 1. The number of nitrogens with zero attached hydrogens (tertiary/aromatic N) is 1. The van der Waals surface area contributed by atoms with Crippen LogP contribution in [-0.4, -0.2) is 26.2 Å². The third-order valence-electron chi connectivity index (χ3n) is 0.593. The zero-order valence-electron chi connectivity index (χ0n) is 5.18. The minimum absolute atomic E-state index is 0.174. The summed E-state index contributed by atoms with van der Waals surface area (Å²) in [4.78, 5) is 10.3. The SMILES string of the molecule is CCOC(=O)C[N-]C. The van der Waals surface area contributed by atoms with E-state index in [-0.39, 0.29) is 12.5 Å². The number of hydrogen-bond acceptors (Lipinski definition) is 2. The van der Waals surface area contributed by atoms with Gasteiger partial charge in [-0.25, -0.2) is 0 Å². The van der Waals surface area contributed by atoms with Crippen molar-refractivity contribution >= 4 is 5.97 Å². The lowest BCUT2D eigenvalue weighted by atomic mass is 10.6. The fourth-order valence-electron chi connectivity index (χ4n) is 0.336. The number of hydrogen-bond donors (Lipinski definition) is 0. The molecule has 0 bridgehead atoms. The molecule has 0 radical (unpaired) electrons. The number of rotatable bonds is 3. The smallest absolute Gasteiger partial charge is 0.284 e. The van der Waals surface area contributed by atoms with Crippen molar-refractivity contribution in [3.8, 4) is 0 Å². The summed E-state index contributed by atoms with van der Waals surface area (Å²) in [6.07, 6.45) is 0. The van der Waals surface area contributed by atoms with Gasteiger partial charge in [-0.3, -0.25) is 4.79 Å². The third kappa shape index (κ3) is 3.61. The van der Waals surface area contributed by atoms with Crippen LogP contribution < -0.4 is 0 Å². The van der Waals surface area contributed by atoms with Crippen molar-refractivity contribution in [2.45, 2.75) is 6.92 Å². The predicted octanol–water partition coefficient (Wildman–Crippen LogP) is 0.553. The van der Waals surface area contributed by atoms with Crippen molar-refractivity contribution in [3.05, 3.63) is 5.32 Å². The molecule has 0 aliphatic rings. The van der Waals surface area contributed by atoms with Gasteiger partial charge in [0.1, 0.15) is 0 Å². The molecular formula is C5H10NO2-.